The van der Waals surface area contributed by atoms with Crippen LogP contribution in [0.25, 0.3) is 171 Å². The molecule has 0 spiro atoms. The number of fused-ring (bicyclic) bond motifs is 12. The molecule has 23 rings (SSSR count). The maximum absolute atomic E-state index is 14.0. The lowest BCUT2D eigenvalue weighted by molar-refractivity contribution is -0.659. The minimum absolute atomic E-state index is 0.219. The Bertz CT molecular complexity index is 8570. The molecule has 0 atom stereocenters. The molecule has 0 aliphatic rings. The van der Waals surface area contributed by atoms with Gasteiger partial charge in [-0.1, -0.05) is 315 Å². The van der Waals surface area contributed by atoms with E-state index in [4.69, 9.17) is 4.42 Å². The summed E-state index contributed by atoms with van der Waals surface area (Å²) in [7, 11) is 10.6. The van der Waals surface area contributed by atoms with E-state index in [1.807, 2.05) is 37.4 Å². The molecule has 0 amide bonds. The Balaban J connectivity index is 0.000000118. The van der Waals surface area contributed by atoms with Crippen molar-refractivity contribution < 1.29 is 31.6 Å². The second kappa shape index (κ2) is 43.0. The van der Waals surface area contributed by atoms with E-state index in [2.05, 4.69) is 545 Å². The van der Waals surface area contributed by atoms with Crippen molar-refractivity contribution in [1.82, 2.24) is 22.7 Å². The fourth-order valence-electron chi connectivity index (χ4n) is 22.2. The SMILES string of the molecule is Cc1cc(F)ccc1-c1n(-c2c(-c3ccccc3)cc(C(C)C)cc2-c2ccccc2)cc[n+]1C.Cc1cccc2c3ccccc3n3cc[n+](C)c3c12.Cc1ccccc1-c1n(-c2c(C(C)C)cc(-c3ccccc3)cc2C(C)C)cc[n+]1C.Cc1ccccc1-c1n(-c2c(C(C)C)cc3c(oc4ccccc43)c2C(C)C)cc[n+]1C.Cc1ccccc1-c1n(-c2c(C(C)C)cc3c(sc4ccccc43)c2C(C)C)cc[n+]1C. The molecule has 11 nitrogen and oxygen atoms in total. The van der Waals surface area contributed by atoms with Crippen LogP contribution in [0.15, 0.2) is 376 Å². The monoisotopic (exact) mass is 1980 g/mol. The normalized spacial score (nSPS) is 11.7. The Kier molecular flexibility index (Phi) is 29.4. The van der Waals surface area contributed by atoms with Gasteiger partial charge in [-0.25, -0.2) is 27.2 Å². The Morgan fingerprint density at radius 3 is 1.14 bits per heavy atom. The van der Waals surface area contributed by atoms with Crippen LogP contribution in [-0.4, -0.2) is 22.7 Å². The zero-order valence-corrected chi connectivity index (χ0v) is 91.7. The first-order valence-electron chi connectivity index (χ1n) is 52.8. The third-order valence-electron chi connectivity index (χ3n) is 29.8. The third kappa shape index (κ3) is 19.6. The number of para-hydroxylation sites is 2. The number of imidazole rings is 5. The molecule has 13 heteroatoms. The first kappa shape index (κ1) is 102. The number of hydrogen-bond donors (Lipinski definition) is 0. The van der Waals surface area contributed by atoms with Gasteiger partial charge in [0.05, 0.1) is 62.9 Å². The molecule has 0 aliphatic heterocycles. The molecule has 149 heavy (non-hydrogen) atoms. The lowest BCUT2D eigenvalue weighted by atomic mass is 9.88. The van der Waals surface area contributed by atoms with Crippen LogP contribution in [0, 0.1) is 40.4 Å². The van der Waals surface area contributed by atoms with Gasteiger partial charge in [-0.15, -0.1) is 11.3 Å². The second-order valence-electron chi connectivity index (χ2n) is 42.5. The Hall–Kier alpha value is -15.7. The summed E-state index contributed by atoms with van der Waals surface area (Å²) in [6.45, 7) is 42.8. The fourth-order valence-corrected chi connectivity index (χ4v) is 23.5. The average Bonchev–Trinajstić information content (AvgIpc) is 1.59. The highest BCUT2D eigenvalue weighted by Gasteiger charge is 2.36. The molecular weight excluding hydrogens is 1840 g/mol. The molecular formula is C136H140FN10OS+5. The molecule has 748 valence electrons. The Morgan fingerprint density at radius 1 is 0.275 bits per heavy atom. The highest BCUT2D eigenvalue weighted by Crippen LogP contribution is 2.49. The van der Waals surface area contributed by atoms with E-state index in [-0.39, 0.29) is 5.82 Å². The minimum Gasteiger partial charge on any atom is -0.456 e. The molecule has 0 unspecified atom stereocenters. The van der Waals surface area contributed by atoms with Crippen LogP contribution in [0.1, 0.15) is 205 Å². The van der Waals surface area contributed by atoms with E-state index in [0.717, 1.165) is 33.8 Å². The zero-order valence-electron chi connectivity index (χ0n) is 90.9. The largest absolute Gasteiger partial charge is 0.456 e. The van der Waals surface area contributed by atoms with Crippen molar-refractivity contribution in [2.45, 2.75) is 173 Å². The number of aryl methyl sites for hydroxylation is 10. The van der Waals surface area contributed by atoms with Crippen LogP contribution < -0.4 is 22.8 Å². The number of aromatic nitrogens is 10. The van der Waals surface area contributed by atoms with E-state index >= 15 is 0 Å². The number of benzene rings is 15. The number of furan rings is 1. The van der Waals surface area contributed by atoms with Gasteiger partial charge in [-0.3, -0.25) is 0 Å². The van der Waals surface area contributed by atoms with Gasteiger partial charge in [0.2, 0.25) is 0 Å². The summed E-state index contributed by atoms with van der Waals surface area (Å²) in [6.07, 6.45) is 21.6. The van der Waals surface area contributed by atoms with Crippen LogP contribution in [0.5, 0.6) is 0 Å². The number of hydrogen-bond acceptors (Lipinski definition) is 2. The molecule has 0 bridgehead atoms. The zero-order chi connectivity index (χ0) is 105. The number of nitrogens with zero attached hydrogens (tertiary/aromatic N) is 10. The first-order chi connectivity index (χ1) is 71.8. The minimum atomic E-state index is -0.219. The first-order valence-corrected chi connectivity index (χ1v) is 53.7. The van der Waals surface area contributed by atoms with Crippen LogP contribution in [0.3, 0.4) is 0 Å². The molecule has 23 aromatic rings. The van der Waals surface area contributed by atoms with Gasteiger partial charge in [-0.05, 0) is 223 Å². The van der Waals surface area contributed by atoms with Gasteiger partial charge in [0.25, 0.3) is 28.9 Å². The standard InChI is InChI=1S/C32H30FN2.C29H31N2O.C29H31N2S.C29H33N2.C17H15N2/c1-22(2)26-20-29(24-11-7-5-8-12-24)31(30(21-26)25-13-9-6-10-14-25)35-18-17-34(4)32(35)28-16-15-27(33)19-23(28)3;2*1-18(2)23-17-24-22-13-9-10-14-25(22)32-28(24)26(19(3)4)27(23)31-16-15-30(6)29(31)21-12-8-7-11-20(21)5;1-20(2)26-18-24(23-13-8-7-9-14-23)19-27(21(3)4)28(26)31-17-16-30(6)29(31)25-15-11-10-12-22(25)5;1-12-6-5-8-14-13-7-3-4-9-15(13)19-11-10-18(2)17(19)16(12)14/h5-22H,1-4H3;2*7-19H,1-6H3;7-21H,1-6H3;3-11H,1-2H3/q5*+1. The molecule has 0 N–H and O–H groups in total. The quantitative estimate of drug-likeness (QED) is 0.0624. The summed E-state index contributed by atoms with van der Waals surface area (Å²) in [6, 6.07) is 109. The van der Waals surface area contributed by atoms with Gasteiger partial charge in [0, 0.05) is 86.2 Å². The number of thiophene rings is 1. The van der Waals surface area contributed by atoms with E-state index in [1.165, 1.54) is 210 Å². The predicted octanol–water partition coefficient (Wildman–Crippen LogP) is 33.8. The lowest BCUT2D eigenvalue weighted by Gasteiger charge is -2.20. The summed E-state index contributed by atoms with van der Waals surface area (Å²) in [5.74, 6) is 7.14. The number of halogens is 1. The molecule has 0 fully saturated rings. The summed E-state index contributed by atoms with van der Waals surface area (Å²) < 4.78 is 46.1. The predicted molar refractivity (Wildman–Crippen MR) is 622 cm³/mol. The number of rotatable bonds is 18. The van der Waals surface area contributed by atoms with E-state index in [1.54, 1.807) is 6.07 Å². The smallest absolute Gasteiger partial charge is 0.294 e. The lowest BCUT2D eigenvalue weighted by Crippen LogP contribution is -2.29. The summed E-state index contributed by atoms with van der Waals surface area (Å²) >= 11 is 1.94. The van der Waals surface area contributed by atoms with E-state index < -0.39 is 0 Å². The molecule has 8 heterocycles. The highest BCUT2D eigenvalue weighted by molar-refractivity contribution is 7.26. The second-order valence-corrected chi connectivity index (χ2v) is 43.5. The Morgan fingerprint density at radius 2 is 0.664 bits per heavy atom. The van der Waals surface area contributed by atoms with Gasteiger partial charge < -0.3 is 4.42 Å². The highest BCUT2D eigenvalue weighted by atomic mass is 32.1. The van der Waals surface area contributed by atoms with Crippen molar-refractivity contribution in [3.8, 4) is 102 Å². The molecule has 0 saturated heterocycles. The van der Waals surface area contributed by atoms with Crippen molar-refractivity contribution in [3.63, 3.8) is 0 Å². The van der Waals surface area contributed by atoms with E-state index in [0.29, 0.717) is 41.4 Å². The van der Waals surface area contributed by atoms with Crippen LogP contribution >= 0.6 is 11.3 Å². The van der Waals surface area contributed by atoms with Crippen molar-refractivity contribution in [1.29, 1.82) is 0 Å². The van der Waals surface area contributed by atoms with Crippen molar-refractivity contribution >= 4 is 80.8 Å². The molecule has 0 saturated carbocycles. The third-order valence-corrected chi connectivity index (χ3v) is 31.0. The molecule has 0 radical (unpaired) electrons. The van der Waals surface area contributed by atoms with Gasteiger partial charge in [0.15, 0.2) is 0 Å². The number of pyridine rings is 1. The topological polar surface area (TPSA) is 56.7 Å². The fraction of sp³-hybridized carbons (Fsp3) is 0.228. The van der Waals surface area contributed by atoms with Gasteiger partial charge in [0.1, 0.15) is 107 Å². The summed E-state index contributed by atoms with van der Waals surface area (Å²) in [5.41, 5.74) is 37.2. The molecule has 15 aromatic carbocycles. The van der Waals surface area contributed by atoms with E-state index in [9.17, 15) is 4.39 Å². The van der Waals surface area contributed by atoms with Crippen molar-refractivity contribution in [2.75, 3.05) is 0 Å². The summed E-state index contributed by atoms with van der Waals surface area (Å²) in [5, 5.41) is 9.16. The maximum Gasteiger partial charge on any atom is 0.294 e. The average molecular weight is 1980 g/mol. The maximum atomic E-state index is 14.0. The van der Waals surface area contributed by atoms with Crippen LogP contribution in [-0.2, 0) is 35.2 Å². The Labute approximate surface area is 882 Å². The van der Waals surface area contributed by atoms with Crippen molar-refractivity contribution in [2.24, 2.45) is 35.2 Å². The van der Waals surface area contributed by atoms with Gasteiger partial charge in [-0.2, -0.15) is 22.7 Å². The van der Waals surface area contributed by atoms with Crippen LogP contribution in [0.4, 0.5) is 4.39 Å². The van der Waals surface area contributed by atoms with Crippen molar-refractivity contribution in [3.05, 3.63) is 444 Å². The summed E-state index contributed by atoms with van der Waals surface area (Å²) in [4.78, 5) is 0. The molecule has 8 aromatic heterocycles. The van der Waals surface area contributed by atoms with Crippen LogP contribution in [0.2, 0.25) is 0 Å². The van der Waals surface area contributed by atoms with Gasteiger partial charge >= 0.3 is 0 Å². The molecule has 0 aliphatic carbocycles.